The van der Waals surface area contributed by atoms with Gasteiger partial charge in [-0.05, 0) is 43.7 Å². The van der Waals surface area contributed by atoms with Crippen molar-refractivity contribution in [2.24, 2.45) is 11.8 Å². The number of rotatable bonds is 3. The number of hydrogen-bond donors (Lipinski definition) is 1. The Kier molecular flexibility index (Phi) is 4.51. The normalized spacial score (nSPS) is 20.9. The van der Waals surface area contributed by atoms with Crippen LogP contribution in [0.4, 0.5) is 4.39 Å². The number of aromatic amines is 1. The van der Waals surface area contributed by atoms with Gasteiger partial charge in [0.1, 0.15) is 5.82 Å². The number of benzene rings is 1. The molecule has 1 aromatic carbocycles. The van der Waals surface area contributed by atoms with Gasteiger partial charge in [0.15, 0.2) is 0 Å². The number of aromatic nitrogens is 2. The van der Waals surface area contributed by atoms with Crippen molar-refractivity contribution in [1.82, 2.24) is 9.55 Å². The minimum absolute atomic E-state index is 0.0969. The maximum atomic E-state index is 13.9. The van der Waals surface area contributed by atoms with Crippen molar-refractivity contribution in [1.29, 1.82) is 0 Å². The number of carbonyl (C=O) groups excluding carboxylic acids is 1. The Morgan fingerprint density at radius 2 is 2.00 bits per heavy atom. The van der Waals surface area contributed by atoms with Gasteiger partial charge >= 0.3 is 11.7 Å². The predicted molar refractivity (Wildman–Crippen MR) is 86.3 cm³/mol. The molecule has 1 N–H and O–H groups in total. The Morgan fingerprint density at radius 3 is 2.67 bits per heavy atom. The lowest BCUT2D eigenvalue weighted by molar-refractivity contribution is -0.146. The van der Waals surface area contributed by atoms with Gasteiger partial charge in [0, 0.05) is 6.54 Å². The van der Waals surface area contributed by atoms with Gasteiger partial charge in [-0.1, -0.05) is 6.07 Å². The van der Waals surface area contributed by atoms with Crippen LogP contribution in [0.15, 0.2) is 27.8 Å². The highest BCUT2D eigenvalue weighted by Crippen LogP contribution is 2.30. The smallest absolute Gasteiger partial charge is 0.328 e. The van der Waals surface area contributed by atoms with Gasteiger partial charge in [0.25, 0.3) is 5.56 Å². The van der Waals surface area contributed by atoms with Gasteiger partial charge in [-0.15, -0.1) is 0 Å². The molecule has 0 radical (unpaired) electrons. The SMILES string of the molecule is COC(=O)C1CCC(Cn2c(=O)[nH]c3cccc(F)c3c2=O)CC1. The average molecular weight is 334 g/mol. The average Bonchev–Trinajstić information content (AvgIpc) is 2.58. The van der Waals surface area contributed by atoms with Crippen LogP contribution in [0.2, 0.25) is 0 Å². The standard InChI is InChI=1S/C17H19FN2O4/c1-24-16(22)11-7-5-10(6-8-11)9-20-15(21)14-12(18)3-2-4-13(14)19-17(20)23/h2-4,10-11H,5-9H2,1H3,(H,19,23). The van der Waals surface area contributed by atoms with Gasteiger partial charge in [0.05, 0.1) is 23.9 Å². The number of hydrogen-bond acceptors (Lipinski definition) is 4. The van der Waals surface area contributed by atoms with E-state index in [0.717, 1.165) is 17.4 Å². The van der Waals surface area contributed by atoms with Crippen molar-refractivity contribution >= 4 is 16.9 Å². The number of carbonyl (C=O) groups is 1. The summed E-state index contributed by atoms with van der Waals surface area (Å²) in [7, 11) is 1.37. The highest BCUT2D eigenvalue weighted by atomic mass is 19.1. The molecule has 0 unspecified atom stereocenters. The van der Waals surface area contributed by atoms with E-state index in [2.05, 4.69) is 4.98 Å². The first-order valence-electron chi connectivity index (χ1n) is 8.00. The number of H-pyrrole nitrogens is 1. The van der Waals surface area contributed by atoms with E-state index in [4.69, 9.17) is 4.74 Å². The van der Waals surface area contributed by atoms with Gasteiger partial charge in [-0.2, -0.15) is 0 Å². The van der Waals surface area contributed by atoms with Gasteiger partial charge in [0.2, 0.25) is 0 Å². The zero-order valence-electron chi connectivity index (χ0n) is 13.4. The minimum Gasteiger partial charge on any atom is -0.469 e. The highest BCUT2D eigenvalue weighted by molar-refractivity contribution is 5.77. The lowest BCUT2D eigenvalue weighted by Gasteiger charge is -2.27. The quantitative estimate of drug-likeness (QED) is 0.868. The summed E-state index contributed by atoms with van der Waals surface area (Å²) in [5, 5.41) is -0.0969. The fourth-order valence-corrected chi connectivity index (χ4v) is 3.43. The van der Waals surface area contributed by atoms with Gasteiger partial charge in [-0.25, -0.2) is 9.18 Å². The largest absolute Gasteiger partial charge is 0.469 e. The third kappa shape index (κ3) is 2.98. The molecule has 2 aromatic rings. The molecule has 3 rings (SSSR count). The Balaban J connectivity index is 1.84. The molecule has 0 spiro atoms. The molecule has 1 aromatic heterocycles. The summed E-state index contributed by atoms with van der Waals surface area (Å²) in [6.07, 6.45) is 2.79. The van der Waals surface area contributed by atoms with E-state index in [1.165, 1.54) is 25.3 Å². The van der Waals surface area contributed by atoms with Crippen LogP contribution in [0, 0.1) is 17.7 Å². The zero-order valence-corrected chi connectivity index (χ0v) is 13.4. The second-order valence-corrected chi connectivity index (χ2v) is 6.25. The van der Waals surface area contributed by atoms with Crippen molar-refractivity contribution in [3.63, 3.8) is 0 Å². The molecule has 0 saturated heterocycles. The summed E-state index contributed by atoms with van der Waals surface area (Å²) < 4.78 is 19.7. The van der Waals surface area contributed by atoms with Gasteiger partial charge in [-0.3, -0.25) is 14.2 Å². The number of methoxy groups -OCH3 is 1. The summed E-state index contributed by atoms with van der Waals surface area (Å²) >= 11 is 0. The molecule has 1 fully saturated rings. The Bertz CT molecular complexity index is 878. The van der Waals surface area contributed by atoms with Crippen LogP contribution < -0.4 is 11.2 Å². The van der Waals surface area contributed by atoms with Crippen LogP contribution in [0.3, 0.4) is 0 Å². The van der Waals surface area contributed by atoms with E-state index in [1.54, 1.807) is 0 Å². The number of fused-ring (bicyclic) bond motifs is 1. The van der Waals surface area contributed by atoms with E-state index >= 15 is 0 Å². The monoisotopic (exact) mass is 334 g/mol. The molecule has 7 heteroatoms. The molecule has 0 bridgehead atoms. The second-order valence-electron chi connectivity index (χ2n) is 6.25. The van der Waals surface area contributed by atoms with Crippen molar-refractivity contribution in [3.8, 4) is 0 Å². The number of nitrogens with one attached hydrogen (secondary N) is 1. The molecule has 1 aliphatic rings. The first kappa shape index (κ1) is 16.4. The van der Waals surface area contributed by atoms with Crippen molar-refractivity contribution < 1.29 is 13.9 Å². The maximum Gasteiger partial charge on any atom is 0.328 e. The first-order valence-corrected chi connectivity index (χ1v) is 8.00. The number of esters is 1. The summed E-state index contributed by atoms with van der Waals surface area (Å²) in [4.78, 5) is 38.8. The molecule has 0 atom stereocenters. The third-order valence-electron chi connectivity index (χ3n) is 4.78. The predicted octanol–water partition coefficient (Wildman–Crippen LogP) is 1.81. The number of halogens is 1. The Hall–Kier alpha value is -2.44. The van der Waals surface area contributed by atoms with Crippen LogP contribution in [0.1, 0.15) is 25.7 Å². The summed E-state index contributed by atoms with van der Waals surface area (Å²) in [6.45, 7) is 0.229. The fourth-order valence-electron chi connectivity index (χ4n) is 3.43. The topological polar surface area (TPSA) is 81.2 Å². The lowest BCUT2D eigenvalue weighted by atomic mass is 9.82. The van der Waals surface area contributed by atoms with Crippen molar-refractivity contribution in [2.75, 3.05) is 7.11 Å². The molecular weight excluding hydrogens is 315 g/mol. The van der Waals surface area contributed by atoms with E-state index in [0.29, 0.717) is 12.8 Å². The summed E-state index contributed by atoms with van der Waals surface area (Å²) in [5.74, 6) is -0.864. The molecule has 1 saturated carbocycles. The zero-order chi connectivity index (χ0) is 17.3. The van der Waals surface area contributed by atoms with Crippen molar-refractivity contribution in [3.05, 3.63) is 44.9 Å². The first-order chi connectivity index (χ1) is 11.5. The van der Waals surface area contributed by atoms with E-state index < -0.39 is 17.1 Å². The van der Waals surface area contributed by atoms with Gasteiger partial charge < -0.3 is 9.72 Å². The van der Waals surface area contributed by atoms with Crippen LogP contribution in [0.25, 0.3) is 10.9 Å². The molecule has 0 aliphatic heterocycles. The molecule has 24 heavy (non-hydrogen) atoms. The molecule has 1 aliphatic carbocycles. The van der Waals surface area contributed by atoms with E-state index in [9.17, 15) is 18.8 Å². The molecular formula is C17H19FN2O4. The lowest BCUT2D eigenvalue weighted by Crippen LogP contribution is -2.38. The van der Waals surface area contributed by atoms with E-state index in [1.807, 2.05) is 0 Å². The van der Waals surface area contributed by atoms with Crippen LogP contribution in [-0.4, -0.2) is 22.6 Å². The second kappa shape index (κ2) is 6.59. The summed E-state index contributed by atoms with van der Waals surface area (Å²) in [6, 6.07) is 4.16. The highest BCUT2D eigenvalue weighted by Gasteiger charge is 2.27. The summed E-state index contributed by atoms with van der Waals surface area (Å²) in [5.41, 5.74) is -0.939. The van der Waals surface area contributed by atoms with E-state index in [-0.39, 0.29) is 35.3 Å². The third-order valence-corrected chi connectivity index (χ3v) is 4.78. The van der Waals surface area contributed by atoms with Crippen LogP contribution in [0.5, 0.6) is 0 Å². The maximum absolute atomic E-state index is 13.9. The Labute approximate surface area is 137 Å². The minimum atomic E-state index is -0.642. The molecule has 6 nitrogen and oxygen atoms in total. The molecule has 0 amide bonds. The fraction of sp³-hybridized carbons (Fsp3) is 0.471. The molecule has 128 valence electrons. The van der Waals surface area contributed by atoms with Crippen LogP contribution >= 0.6 is 0 Å². The van der Waals surface area contributed by atoms with Crippen LogP contribution in [-0.2, 0) is 16.1 Å². The van der Waals surface area contributed by atoms with Crippen molar-refractivity contribution in [2.45, 2.75) is 32.2 Å². The Morgan fingerprint density at radius 1 is 1.29 bits per heavy atom. The number of ether oxygens (including phenoxy) is 1. The number of nitrogens with zero attached hydrogens (tertiary/aromatic N) is 1. The molecule has 1 heterocycles.